The summed E-state index contributed by atoms with van der Waals surface area (Å²) in [7, 11) is 1.64. The van der Waals surface area contributed by atoms with Gasteiger partial charge in [-0.25, -0.2) is 4.79 Å². The van der Waals surface area contributed by atoms with Gasteiger partial charge in [-0.1, -0.05) is 0 Å². The van der Waals surface area contributed by atoms with Crippen LogP contribution < -0.4 is 10.1 Å². The van der Waals surface area contributed by atoms with Crippen molar-refractivity contribution in [2.24, 2.45) is 0 Å². The summed E-state index contributed by atoms with van der Waals surface area (Å²) in [5, 5.41) is 3.24. The largest absolute Gasteiger partial charge is 0.497 e. The first kappa shape index (κ1) is 11.6. The zero-order valence-electron chi connectivity index (χ0n) is 9.81. The van der Waals surface area contributed by atoms with Crippen molar-refractivity contribution in [2.75, 3.05) is 38.7 Å². The van der Waals surface area contributed by atoms with E-state index in [4.69, 9.17) is 9.47 Å². The third kappa shape index (κ3) is 3.03. The van der Waals surface area contributed by atoms with Crippen molar-refractivity contribution in [2.45, 2.75) is 0 Å². The number of nitrogens with zero attached hydrogens (tertiary/aromatic N) is 1. The van der Waals surface area contributed by atoms with E-state index < -0.39 is 0 Å². The highest BCUT2D eigenvalue weighted by molar-refractivity contribution is 5.69. The second-order valence-corrected chi connectivity index (χ2v) is 3.76. The highest BCUT2D eigenvalue weighted by Gasteiger charge is 2.20. The molecule has 0 atom stereocenters. The van der Waals surface area contributed by atoms with Gasteiger partial charge >= 0.3 is 6.09 Å². The van der Waals surface area contributed by atoms with Crippen LogP contribution >= 0.6 is 0 Å². The van der Waals surface area contributed by atoms with Crippen molar-refractivity contribution in [3.05, 3.63) is 24.3 Å². The quantitative estimate of drug-likeness (QED) is 0.843. The van der Waals surface area contributed by atoms with E-state index in [9.17, 15) is 4.79 Å². The molecule has 1 fully saturated rings. The molecule has 17 heavy (non-hydrogen) atoms. The van der Waals surface area contributed by atoms with E-state index in [1.54, 1.807) is 12.0 Å². The summed E-state index contributed by atoms with van der Waals surface area (Å²) in [5.41, 5.74) is 1.01. The fraction of sp³-hybridized carbons (Fsp3) is 0.417. The number of benzene rings is 1. The zero-order chi connectivity index (χ0) is 12.1. The Morgan fingerprint density at radius 1 is 1.41 bits per heavy atom. The maximum atomic E-state index is 11.2. The molecule has 0 aliphatic carbocycles. The van der Waals surface area contributed by atoms with Gasteiger partial charge in [0.25, 0.3) is 0 Å². The third-order valence-electron chi connectivity index (χ3n) is 2.65. The van der Waals surface area contributed by atoms with E-state index in [-0.39, 0.29) is 6.09 Å². The number of rotatable bonds is 5. The zero-order valence-corrected chi connectivity index (χ0v) is 9.81. The lowest BCUT2D eigenvalue weighted by Gasteiger charge is -2.13. The number of methoxy groups -OCH3 is 1. The van der Waals surface area contributed by atoms with Gasteiger partial charge in [-0.15, -0.1) is 0 Å². The van der Waals surface area contributed by atoms with Crippen LogP contribution in [0.3, 0.4) is 0 Å². The average Bonchev–Trinajstić information content (AvgIpc) is 2.76. The average molecular weight is 236 g/mol. The van der Waals surface area contributed by atoms with Crippen LogP contribution in [-0.2, 0) is 4.74 Å². The van der Waals surface area contributed by atoms with Gasteiger partial charge in [0.1, 0.15) is 12.4 Å². The van der Waals surface area contributed by atoms with E-state index in [0.29, 0.717) is 26.2 Å². The summed E-state index contributed by atoms with van der Waals surface area (Å²) < 4.78 is 9.91. The summed E-state index contributed by atoms with van der Waals surface area (Å²) >= 11 is 0. The molecule has 0 saturated carbocycles. The van der Waals surface area contributed by atoms with Crippen LogP contribution in [0.2, 0.25) is 0 Å². The van der Waals surface area contributed by atoms with Crippen LogP contribution in [0.5, 0.6) is 5.75 Å². The van der Waals surface area contributed by atoms with Crippen molar-refractivity contribution in [1.29, 1.82) is 0 Å². The minimum Gasteiger partial charge on any atom is -0.497 e. The molecule has 2 rings (SSSR count). The van der Waals surface area contributed by atoms with Gasteiger partial charge in [-0.2, -0.15) is 0 Å². The van der Waals surface area contributed by atoms with E-state index >= 15 is 0 Å². The number of carbonyl (C=O) groups is 1. The van der Waals surface area contributed by atoms with Gasteiger partial charge in [0.05, 0.1) is 13.7 Å². The first-order valence-electron chi connectivity index (χ1n) is 5.59. The number of carbonyl (C=O) groups excluding carboxylic acids is 1. The molecule has 0 unspecified atom stereocenters. The number of ether oxygens (including phenoxy) is 2. The van der Waals surface area contributed by atoms with Crippen molar-refractivity contribution >= 4 is 11.8 Å². The van der Waals surface area contributed by atoms with Gasteiger partial charge in [-0.05, 0) is 24.3 Å². The molecule has 1 aromatic carbocycles. The summed E-state index contributed by atoms with van der Waals surface area (Å²) in [6, 6.07) is 7.68. The van der Waals surface area contributed by atoms with Gasteiger partial charge in [0, 0.05) is 18.8 Å². The van der Waals surface area contributed by atoms with Crippen LogP contribution in [0, 0.1) is 0 Å². The van der Waals surface area contributed by atoms with E-state index in [2.05, 4.69) is 5.32 Å². The van der Waals surface area contributed by atoms with Crippen molar-refractivity contribution < 1.29 is 14.3 Å². The van der Waals surface area contributed by atoms with E-state index in [0.717, 1.165) is 11.4 Å². The summed E-state index contributed by atoms with van der Waals surface area (Å²) in [6.07, 6.45) is -0.221. The Labute approximate surface area is 100 Å². The third-order valence-corrected chi connectivity index (χ3v) is 2.65. The lowest BCUT2D eigenvalue weighted by atomic mass is 10.3. The standard InChI is InChI=1S/C12H16N2O3/c1-16-11-4-2-10(3-5-11)13-6-7-14-8-9-17-12(14)15/h2-5,13H,6-9H2,1H3. The molecule has 0 bridgehead atoms. The lowest BCUT2D eigenvalue weighted by molar-refractivity contribution is 0.159. The van der Waals surface area contributed by atoms with Gasteiger partial charge in [-0.3, -0.25) is 0 Å². The Bertz CT molecular complexity index is 378. The molecule has 1 N–H and O–H groups in total. The Kier molecular flexibility index (Phi) is 3.69. The lowest BCUT2D eigenvalue weighted by Crippen LogP contribution is -2.29. The fourth-order valence-electron chi connectivity index (χ4n) is 1.67. The molecule has 0 aromatic heterocycles. The molecule has 0 spiro atoms. The van der Waals surface area contributed by atoms with Crippen LogP contribution in [0.25, 0.3) is 0 Å². The van der Waals surface area contributed by atoms with Gasteiger partial charge in [0.15, 0.2) is 0 Å². The SMILES string of the molecule is COc1ccc(NCCN2CCOC2=O)cc1. The van der Waals surface area contributed by atoms with E-state index in [1.165, 1.54) is 0 Å². The number of nitrogens with one attached hydrogen (secondary N) is 1. The molecule has 1 aromatic rings. The molecule has 5 heteroatoms. The highest BCUT2D eigenvalue weighted by Crippen LogP contribution is 2.14. The number of amides is 1. The minimum absolute atomic E-state index is 0.221. The number of anilines is 1. The predicted octanol–water partition coefficient (Wildman–Crippen LogP) is 1.56. The Hall–Kier alpha value is -1.91. The maximum absolute atomic E-state index is 11.2. The molecule has 92 valence electrons. The topological polar surface area (TPSA) is 50.8 Å². The number of cyclic esters (lactones) is 1. The van der Waals surface area contributed by atoms with Crippen LogP contribution in [0.15, 0.2) is 24.3 Å². The molecule has 1 aliphatic rings. The summed E-state index contributed by atoms with van der Waals surface area (Å²) in [5.74, 6) is 0.832. The molecule has 1 heterocycles. The first-order valence-corrected chi connectivity index (χ1v) is 5.59. The number of hydrogen-bond donors (Lipinski definition) is 1. The molecule has 1 amide bonds. The Morgan fingerprint density at radius 3 is 2.76 bits per heavy atom. The first-order chi connectivity index (χ1) is 8.29. The van der Waals surface area contributed by atoms with Crippen molar-refractivity contribution in [3.8, 4) is 5.75 Å². The summed E-state index contributed by atoms with van der Waals surface area (Å²) in [4.78, 5) is 12.9. The van der Waals surface area contributed by atoms with Crippen LogP contribution in [0.1, 0.15) is 0 Å². The minimum atomic E-state index is -0.221. The normalized spacial score (nSPS) is 14.6. The molecule has 5 nitrogen and oxygen atoms in total. The second-order valence-electron chi connectivity index (χ2n) is 3.76. The molecule has 1 aliphatic heterocycles. The Balaban J connectivity index is 1.75. The monoisotopic (exact) mass is 236 g/mol. The fourth-order valence-corrected chi connectivity index (χ4v) is 1.67. The second kappa shape index (κ2) is 5.43. The smallest absolute Gasteiger partial charge is 0.409 e. The van der Waals surface area contributed by atoms with Crippen molar-refractivity contribution in [3.63, 3.8) is 0 Å². The van der Waals surface area contributed by atoms with Gasteiger partial charge in [0.2, 0.25) is 0 Å². The number of hydrogen-bond acceptors (Lipinski definition) is 4. The van der Waals surface area contributed by atoms with Crippen LogP contribution in [-0.4, -0.2) is 44.3 Å². The molecule has 1 saturated heterocycles. The van der Waals surface area contributed by atoms with E-state index in [1.807, 2.05) is 24.3 Å². The predicted molar refractivity (Wildman–Crippen MR) is 64.4 cm³/mol. The summed E-state index contributed by atoms with van der Waals surface area (Å²) in [6.45, 7) is 2.55. The molecule has 0 radical (unpaired) electrons. The maximum Gasteiger partial charge on any atom is 0.409 e. The highest BCUT2D eigenvalue weighted by atomic mass is 16.6. The van der Waals surface area contributed by atoms with Crippen molar-refractivity contribution in [1.82, 2.24) is 4.90 Å². The van der Waals surface area contributed by atoms with Gasteiger partial charge < -0.3 is 19.7 Å². The Morgan fingerprint density at radius 2 is 2.18 bits per heavy atom. The van der Waals surface area contributed by atoms with Crippen LogP contribution in [0.4, 0.5) is 10.5 Å². The molecular formula is C12H16N2O3. The molecular weight excluding hydrogens is 220 g/mol.